The van der Waals surface area contributed by atoms with Crippen molar-refractivity contribution < 1.29 is 9.90 Å². The van der Waals surface area contributed by atoms with Crippen molar-refractivity contribution in [2.75, 3.05) is 19.6 Å². The topological polar surface area (TPSA) is 61.4 Å². The summed E-state index contributed by atoms with van der Waals surface area (Å²) in [6, 6.07) is 19.5. The lowest BCUT2D eigenvalue weighted by Gasteiger charge is -2.19. The number of aliphatic hydroxyl groups is 1. The molecule has 0 radical (unpaired) electrons. The van der Waals surface area contributed by atoms with E-state index in [0.717, 1.165) is 23.6 Å². The predicted molar refractivity (Wildman–Crippen MR) is 99.3 cm³/mol. The number of hydrogen-bond donors (Lipinski definition) is 3. The Labute approximate surface area is 149 Å². The summed E-state index contributed by atoms with van der Waals surface area (Å²) in [6.07, 6.45) is 2.00. The van der Waals surface area contributed by atoms with Crippen LogP contribution in [0.25, 0.3) is 0 Å². The molecule has 4 heteroatoms. The molecule has 1 unspecified atom stereocenters. The molecule has 0 saturated heterocycles. The molecule has 0 spiro atoms. The van der Waals surface area contributed by atoms with Crippen molar-refractivity contribution in [2.45, 2.75) is 24.9 Å². The first-order chi connectivity index (χ1) is 12.2. The van der Waals surface area contributed by atoms with Crippen LogP contribution < -0.4 is 10.6 Å². The van der Waals surface area contributed by atoms with Gasteiger partial charge in [0.25, 0.3) is 0 Å². The van der Waals surface area contributed by atoms with Crippen molar-refractivity contribution in [2.24, 2.45) is 5.92 Å². The largest absolute Gasteiger partial charge is 0.390 e. The number of nitrogens with one attached hydrogen (secondary N) is 2. The van der Waals surface area contributed by atoms with Gasteiger partial charge < -0.3 is 15.7 Å². The molecule has 1 amide bonds. The fourth-order valence-electron chi connectivity index (χ4n) is 2.95. The van der Waals surface area contributed by atoms with E-state index in [1.165, 1.54) is 12.8 Å². The van der Waals surface area contributed by atoms with Crippen LogP contribution in [-0.2, 0) is 4.79 Å². The maximum atomic E-state index is 12.8. The van der Waals surface area contributed by atoms with Gasteiger partial charge in [0.15, 0.2) is 0 Å². The third kappa shape index (κ3) is 5.41. The average Bonchev–Trinajstić information content (AvgIpc) is 3.46. The summed E-state index contributed by atoms with van der Waals surface area (Å²) in [5, 5.41) is 16.2. The summed E-state index contributed by atoms with van der Waals surface area (Å²) in [5.41, 5.74) is 1.90. The van der Waals surface area contributed by atoms with Gasteiger partial charge in [-0.2, -0.15) is 0 Å². The highest BCUT2D eigenvalue weighted by Crippen LogP contribution is 2.27. The molecule has 1 aliphatic carbocycles. The molecule has 0 heterocycles. The van der Waals surface area contributed by atoms with Gasteiger partial charge in [-0.05, 0) is 36.4 Å². The SMILES string of the molecule is O=C(NCC(O)CNCC1CC1)C(c1ccccc1)c1ccccc1. The Hall–Kier alpha value is -2.17. The van der Waals surface area contributed by atoms with E-state index >= 15 is 0 Å². The lowest BCUT2D eigenvalue weighted by atomic mass is 9.90. The van der Waals surface area contributed by atoms with Gasteiger partial charge in [-0.15, -0.1) is 0 Å². The summed E-state index contributed by atoms with van der Waals surface area (Å²) >= 11 is 0. The van der Waals surface area contributed by atoms with Crippen molar-refractivity contribution in [1.29, 1.82) is 0 Å². The minimum atomic E-state index is -0.574. The van der Waals surface area contributed by atoms with Crippen molar-refractivity contribution in [3.05, 3.63) is 71.8 Å². The molecule has 1 aliphatic rings. The van der Waals surface area contributed by atoms with Crippen molar-refractivity contribution in [3.63, 3.8) is 0 Å². The van der Waals surface area contributed by atoms with E-state index in [4.69, 9.17) is 0 Å². The van der Waals surface area contributed by atoms with Crippen LogP contribution in [0.3, 0.4) is 0 Å². The number of hydrogen-bond acceptors (Lipinski definition) is 3. The van der Waals surface area contributed by atoms with Crippen LogP contribution >= 0.6 is 0 Å². The zero-order chi connectivity index (χ0) is 17.5. The number of amides is 1. The second-order valence-corrected chi connectivity index (χ2v) is 6.75. The van der Waals surface area contributed by atoms with Crippen molar-refractivity contribution in [1.82, 2.24) is 10.6 Å². The Bertz CT molecular complexity index is 617. The van der Waals surface area contributed by atoms with Gasteiger partial charge in [-0.3, -0.25) is 4.79 Å². The third-order valence-corrected chi connectivity index (χ3v) is 4.55. The molecular formula is C21H26N2O2. The van der Waals surface area contributed by atoms with Gasteiger partial charge in [-0.1, -0.05) is 60.7 Å². The number of benzene rings is 2. The van der Waals surface area contributed by atoms with Crippen LogP contribution in [0.2, 0.25) is 0 Å². The van der Waals surface area contributed by atoms with E-state index in [2.05, 4.69) is 10.6 Å². The third-order valence-electron chi connectivity index (χ3n) is 4.55. The summed E-state index contributed by atoms with van der Waals surface area (Å²) in [7, 11) is 0. The summed E-state index contributed by atoms with van der Waals surface area (Å²) < 4.78 is 0. The van der Waals surface area contributed by atoms with E-state index < -0.39 is 6.10 Å². The molecular weight excluding hydrogens is 312 g/mol. The lowest BCUT2D eigenvalue weighted by Crippen LogP contribution is -2.40. The van der Waals surface area contributed by atoms with Crippen LogP contribution in [0.1, 0.15) is 29.9 Å². The Morgan fingerprint density at radius 3 is 2.04 bits per heavy atom. The van der Waals surface area contributed by atoms with Crippen LogP contribution in [-0.4, -0.2) is 36.8 Å². The number of carbonyl (C=O) groups excluding carboxylic acids is 1. The molecule has 1 saturated carbocycles. The summed E-state index contributed by atoms with van der Waals surface area (Å²) in [4.78, 5) is 12.8. The molecule has 1 fully saturated rings. The van der Waals surface area contributed by atoms with E-state index in [9.17, 15) is 9.90 Å². The molecule has 3 N–H and O–H groups in total. The summed E-state index contributed by atoms with van der Waals surface area (Å²) in [6.45, 7) is 1.73. The van der Waals surface area contributed by atoms with E-state index in [0.29, 0.717) is 6.54 Å². The zero-order valence-electron chi connectivity index (χ0n) is 14.4. The minimum absolute atomic E-state index is 0.0846. The quantitative estimate of drug-likeness (QED) is 0.657. The van der Waals surface area contributed by atoms with Crippen LogP contribution in [0.4, 0.5) is 0 Å². The smallest absolute Gasteiger partial charge is 0.232 e. The first kappa shape index (κ1) is 17.6. The Balaban J connectivity index is 1.59. The monoisotopic (exact) mass is 338 g/mol. The number of aliphatic hydroxyl groups excluding tert-OH is 1. The molecule has 0 aromatic heterocycles. The molecule has 2 aromatic carbocycles. The highest BCUT2D eigenvalue weighted by Gasteiger charge is 2.23. The van der Waals surface area contributed by atoms with E-state index in [-0.39, 0.29) is 18.4 Å². The lowest BCUT2D eigenvalue weighted by molar-refractivity contribution is -0.122. The first-order valence-electron chi connectivity index (χ1n) is 9.00. The fourth-order valence-corrected chi connectivity index (χ4v) is 2.95. The average molecular weight is 338 g/mol. The highest BCUT2D eigenvalue weighted by molar-refractivity contribution is 5.87. The molecule has 3 rings (SSSR count). The normalized spacial score (nSPS) is 15.1. The van der Waals surface area contributed by atoms with Crippen LogP contribution in [0.15, 0.2) is 60.7 Å². The van der Waals surface area contributed by atoms with Gasteiger partial charge in [0.2, 0.25) is 5.91 Å². The Morgan fingerprint density at radius 1 is 0.960 bits per heavy atom. The van der Waals surface area contributed by atoms with Gasteiger partial charge in [-0.25, -0.2) is 0 Å². The predicted octanol–water partition coefficient (Wildman–Crippen LogP) is 2.30. The molecule has 1 atom stereocenters. The van der Waals surface area contributed by atoms with Gasteiger partial charge in [0, 0.05) is 13.1 Å². The van der Waals surface area contributed by atoms with Crippen molar-refractivity contribution >= 4 is 5.91 Å². The fraction of sp³-hybridized carbons (Fsp3) is 0.381. The maximum absolute atomic E-state index is 12.8. The molecule has 25 heavy (non-hydrogen) atoms. The van der Waals surface area contributed by atoms with Gasteiger partial charge >= 0.3 is 0 Å². The van der Waals surface area contributed by atoms with E-state index in [1.807, 2.05) is 60.7 Å². The molecule has 2 aromatic rings. The number of carbonyl (C=O) groups is 1. The van der Waals surface area contributed by atoms with E-state index in [1.54, 1.807) is 0 Å². The van der Waals surface area contributed by atoms with Gasteiger partial charge in [0.05, 0.1) is 12.0 Å². The second kappa shape index (κ2) is 8.79. The minimum Gasteiger partial charge on any atom is -0.390 e. The zero-order valence-corrected chi connectivity index (χ0v) is 14.4. The maximum Gasteiger partial charge on any atom is 0.232 e. The summed E-state index contributed by atoms with van der Waals surface area (Å²) in [5.74, 6) is 0.329. The standard InChI is InChI=1S/C21H26N2O2/c24-19(14-22-13-16-11-12-16)15-23-21(25)20(17-7-3-1-4-8-17)18-9-5-2-6-10-18/h1-10,16,19-20,22,24H,11-15H2,(H,23,25). The highest BCUT2D eigenvalue weighted by atomic mass is 16.3. The molecule has 4 nitrogen and oxygen atoms in total. The Morgan fingerprint density at radius 2 is 1.52 bits per heavy atom. The Kier molecular flexibility index (Phi) is 6.20. The van der Waals surface area contributed by atoms with Crippen molar-refractivity contribution in [3.8, 4) is 0 Å². The van der Waals surface area contributed by atoms with Crippen LogP contribution in [0.5, 0.6) is 0 Å². The van der Waals surface area contributed by atoms with Gasteiger partial charge in [0.1, 0.15) is 0 Å². The second-order valence-electron chi connectivity index (χ2n) is 6.75. The molecule has 0 aliphatic heterocycles. The number of rotatable bonds is 9. The molecule has 132 valence electrons. The molecule has 0 bridgehead atoms. The first-order valence-corrected chi connectivity index (χ1v) is 9.00. The van der Waals surface area contributed by atoms with Crippen LogP contribution in [0, 0.1) is 5.92 Å².